The Balaban J connectivity index is 1.26. The predicted molar refractivity (Wildman–Crippen MR) is 249 cm³/mol. The van der Waals surface area contributed by atoms with Crippen molar-refractivity contribution in [3.8, 4) is 0 Å². The normalized spacial score (nSPS) is 14.5. The summed E-state index contributed by atoms with van der Waals surface area (Å²) in [5.74, 6) is 2.10. The number of hydrogen-bond donors (Lipinski definition) is 9. The minimum absolute atomic E-state index is 0.291. The Labute approximate surface area is 360 Å². The average molecular weight is 851 g/mol. The van der Waals surface area contributed by atoms with Gasteiger partial charge in [0, 0.05) is 35.7 Å². The van der Waals surface area contributed by atoms with E-state index in [1.54, 1.807) is 29.9 Å². The Bertz CT molecular complexity index is 2710. The molecule has 18 heteroatoms. The number of nitrogens with zero attached hydrogens (tertiary/aromatic N) is 7. The Morgan fingerprint density at radius 2 is 1.59 bits per heavy atom. The summed E-state index contributed by atoms with van der Waals surface area (Å²) in [6.07, 6.45) is 17.7. The maximum atomic E-state index is 6.39. The molecular formula is C43H46N16S2. The third-order valence-electron chi connectivity index (χ3n) is 10.7. The molecule has 5 aromatic heterocycles. The van der Waals surface area contributed by atoms with Gasteiger partial charge < -0.3 is 31.7 Å². The number of aromatic nitrogens is 7. The van der Waals surface area contributed by atoms with Crippen molar-refractivity contribution >= 4 is 106 Å². The summed E-state index contributed by atoms with van der Waals surface area (Å²) in [6, 6.07) is 24.0. The van der Waals surface area contributed by atoms with E-state index in [1.807, 2.05) is 83.2 Å². The zero-order chi connectivity index (χ0) is 41.0. The van der Waals surface area contributed by atoms with Crippen molar-refractivity contribution in [2.45, 2.75) is 63.8 Å². The molecule has 0 saturated heterocycles. The van der Waals surface area contributed by atoms with Crippen LogP contribution < -0.4 is 48.1 Å². The number of benzene rings is 3. The molecule has 10 rings (SSSR count). The molecule has 1 saturated carbocycles. The lowest BCUT2D eigenvalue weighted by atomic mass is 9.96. The summed E-state index contributed by atoms with van der Waals surface area (Å²) in [5, 5.41) is 18.2. The molecule has 10 N–H and O–H groups in total. The SMILES string of the molecule is Nc1csc(N(Nc2ccccc2)c2c(Nc3nc4ccccc4[nH]3)c(Nc3ncc[nH]3)c(Nc3ccccn3)c3sc(N(NC4=CCCCC4)NC4CCCCC4)nc23)n1. The number of nitrogens with one attached hydrogen (secondary N) is 8. The van der Waals surface area contributed by atoms with Crippen molar-refractivity contribution < 1.29 is 0 Å². The van der Waals surface area contributed by atoms with Gasteiger partial charge in [-0.3, -0.25) is 10.9 Å². The van der Waals surface area contributed by atoms with Crippen LogP contribution in [0, 0.1) is 0 Å². The Morgan fingerprint density at radius 3 is 2.36 bits per heavy atom. The van der Waals surface area contributed by atoms with Crippen molar-refractivity contribution in [3.05, 3.63) is 109 Å². The number of para-hydroxylation sites is 3. The fourth-order valence-corrected chi connectivity index (χ4v) is 9.48. The van der Waals surface area contributed by atoms with Gasteiger partial charge in [0.05, 0.1) is 38.5 Å². The highest BCUT2D eigenvalue weighted by Crippen LogP contribution is 2.53. The van der Waals surface area contributed by atoms with Gasteiger partial charge >= 0.3 is 0 Å². The number of thiazole rings is 2. The third kappa shape index (κ3) is 8.45. The maximum Gasteiger partial charge on any atom is 0.221 e. The summed E-state index contributed by atoms with van der Waals surface area (Å²) in [6.45, 7) is 0. The minimum atomic E-state index is 0.291. The predicted octanol–water partition coefficient (Wildman–Crippen LogP) is 10.3. The molecule has 310 valence electrons. The second kappa shape index (κ2) is 17.4. The third-order valence-corrected chi connectivity index (χ3v) is 12.6. The molecule has 0 atom stereocenters. The molecule has 5 heterocycles. The van der Waals surface area contributed by atoms with Gasteiger partial charge in [0.25, 0.3) is 0 Å². The van der Waals surface area contributed by atoms with Crippen LogP contribution in [0.3, 0.4) is 0 Å². The van der Waals surface area contributed by atoms with E-state index >= 15 is 0 Å². The van der Waals surface area contributed by atoms with E-state index in [1.165, 1.54) is 42.7 Å². The highest BCUT2D eigenvalue weighted by Gasteiger charge is 2.32. The smallest absolute Gasteiger partial charge is 0.221 e. The maximum absolute atomic E-state index is 6.39. The summed E-state index contributed by atoms with van der Waals surface area (Å²) in [4.78, 5) is 31.5. The van der Waals surface area contributed by atoms with Crippen LogP contribution >= 0.6 is 22.7 Å². The van der Waals surface area contributed by atoms with Gasteiger partial charge in [-0.25, -0.2) is 35.4 Å². The Morgan fingerprint density at radius 1 is 0.738 bits per heavy atom. The first kappa shape index (κ1) is 38.3. The van der Waals surface area contributed by atoms with Crippen LogP contribution in [0.15, 0.2) is 109 Å². The van der Waals surface area contributed by atoms with Crippen LogP contribution in [0.1, 0.15) is 57.8 Å². The second-order valence-corrected chi connectivity index (χ2v) is 16.8. The number of pyridine rings is 1. The summed E-state index contributed by atoms with van der Waals surface area (Å²) in [5.41, 5.74) is 24.7. The Kier molecular flexibility index (Phi) is 10.9. The van der Waals surface area contributed by atoms with E-state index in [-0.39, 0.29) is 0 Å². The van der Waals surface area contributed by atoms with Gasteiger partial charge in [-0.05, 0) is 74.9 Å². The largest absolute Gasteiger partial charge is 0.383 e. The molecule has 0 amide bonds. The summed E-state index contributed by atoms with van der Waals surface area (Å²) >= 11 is 2.99. The standard InChI is InChI=1S/C43H46N16S2/c44-32-26-60-42(50-32)58(55-27-14-4-1-5-15-27)38-35(53-41-48-30-20-10-11-21-31(30)49-41)34(52-40-46-24-25-47-40)36(51-33-22-12-13-23-45-33)39-37(38)54-43(61-39)59(56-28-16-6-2-7-17-28)57-29-18-8-3-9-19-29/h1,4-5,10-16,20-26,29,55-57H,2-3,6-9,17-19,44H2,(H,45,51)(H2,46,47,52)(H2,48,49,53). The van der Waals surface area contributed by atoms with E-state index in [2.05, 4.69) is 58.4 Å². The lowest BCUT2D eigenvalue weighted by molar-refractivity contribution is 0.350. The molecule has 1 fully saturated rings. The van der Waals surface area contributed by atoms with Crippen LogP contribution in [0.2, 0.25) is 0 Å². The van der Waals surface area contributed by atoms with E-state index in [9.17, 15) is 0 Å². The highest BCUT2D eigenvalue weighted by molar-refractivity contribution is 7.23. The lowest BCUT2D eigenvalue weighted by Crippen LogP contribution is -2.53. The molecule has 3 aromatic carbocycles. The summed E-state index contributed by atoms with van der Waals surface area (Å²) in [7, 11) is 0. The van der Waals surface area contributed by atoms with Crippen molar-refractivity contribution in [1.82, 2.24) is 45.7 Å². The molecule has 0 bridgehead atoms. The molecule has 2 aliphatic carbocycles. The van der Waals surface area contributed by atoms with Gasteiger partial charge in [-0.1, -0.05) is 73.1 Å². The van der Waals surface area contributed by atoms with Gasteiger partial charge in [-0.15, -0.1) is 11.3 Å². The number of aromatic amines is 2. The number of imidazole rings is 2. The van der Waals surface area contributed by atoms with E-state index in [0.717, 1.165) is 64.3 Å². The number of fused-ring (bicyclic) bond motifs is 2. The number of H-pyrrole nitrogens is 2. The van der Waals surface area contributed by atoms with E-state index in [0.29, 0.717) is 57.3 Å². The quantitative estimate of drug-likeness (QED) is 0.0441. The van der Waals surface area contributed by atoms with Crippen LogP contribution in [0.25, 0.3) is 21.3 Å². The van der Waals surface area contributed by atoms with E-state index < -0.39 is 0 Å². The minimum Gasteiger partial charge on any atom is -0.383 e. The van der Waals surface area contributed by atoms with E-state index in [4.69, 9.17) is 25.7 Å². The van der Waals surface area contributed by atoms with Crippen LogP contribution in [-0.4, -0.2) is 40.9 Å². The highest BCUT2D eigenvalue weighted by atomic mass is 32.1. The van der Waals surface area contributed by atoms with Gasteiger partial charge in [0.2, 0.25) is 22.2 Å². The summed E-state index contributed by atoms with van der Waals surface area (Å²) < 4.78 is 0.846. The first-order valence-electron chi connectivity index (χ1n) is 20.6. The number of anilines is 11. The first-order valence-corrected chi connectivity index (χ1v) is 22.3. The molecule has 61 heavy (non-hydrogen) atoms. The van der Waals surface area contributed by atoms with Crippen LogP contribution in [0.4, 0.5) is 62.2 Å². The van der Waals surface area contributed by atoms with Crippen molar-refractivity contribution in [2.75, 3.05) is 37.2 Å². The zero-order valence-corrected chi connectivity index (χ0v) is 34.9. The Hall–Kier alpha value is -6.89. The van der Waals surface area contributed by atoms with Gasteiger partial charge in [0.15, 0.2) is 0 Å². The molecule has 8 aromatic rings. The first-order chi connectivity index (χ1) is 30.1. The van der Waals surface area contributed by atoms with Gasteiger partial charge in [0.1, 0.15) is 22.8 Å². The molecule has 0 spiro atoms. The number of hydrogen-bond acceptors (Lipinski definition) is 16. The number of hydrazine groups is 3. The molecule has 0 aliphatic heterocycles. The average Bonchev–Trinajstić information content (AvgIpc) is 4.14. The number of nitrogen functional groups attached to an aromatic ring is 1. The second-order valence-electron chi connectivity index (χ2n) is 15.0. The van der Waals surface area contributed by atoms with Crippen molar-refractivity contribution in [1.29, 1.82) is 0 Å². The molecule has 0 unspecified atom stereocenters. The van der Waals surface area contributed by atoms with Crippen LogP contribution in [0.5, 0.6) is 0 Å². The number of rotatable bonds is 15. The molecule has 0 radical (unpaired) electrons. The van der Waals surface area contributed by atoms with Crippen LogP contribution in [-0.2, 0) is 0 Å². The number of nitrogens with two attached hydrogens (primary N) is 1. The van der Waals surface area contributed by atoms with Gasteiger partial charge in [-0.2, -0.15) is 5.12 Å². The molecule has 16 nitrogen and oxygen atoms in total. The number of allylic oxidation sites excluding steroid dienone is 2. The topological polar surface area (TPSA) is 201 Å². The molecular weight excluding hydrogens is 805 g/mol. The fraction of sp³-hybridized carbons (Fsp3) is 0.233. The lowest BCUT2D eigenvalue weighted by Gasteiger charge is -2.32. The van der Waals surface area contributed by atoms with Crippen molar-refractivity contribution in [3.63, 3.8) is 0 Å². The zero-order valence-electron chi connectivity index (χ0n) is 33.3. The van der Waals surface area contributed by atoms with Crippen molar-refractivity contribution in [2.24, 2.45) is 0 Å². The fourth-order valence-electron chi connectivity index (χ4n) is 7.79. The monoisotopic (exact) mass is 850 g/mol. The molecule has 2 aliphatic rings.